The van der Waals surface area contributed by atoms with Gasteiger partial charge in [0.15, 0.2) is 0 Å². The molecule has 1 aromatic rings. The molecule has 0 aliphatic rings. The summed E-state index contributed by atoms with van der Waals surface area (Å²) in [5, 5.41) is 1.27. The van der Waals surface area contributed by atoms with Crippen LogP contribution in [0.1, 0.15) is 18.6 Å². The Labute approximate surface area is 94.3 Å². The molecule has 0 bridgehead atoms. The first-order chi connectivity index (χ1) is 6.65. The number of ether oxygens (including phenoxy) is 1. The second kappa shape index (κ2) is 5.40. The van der Waals surface area contributed by atoms with E-state index in [1.165, 1.54) is 0 Å². The van der Waals surface area contributed by atoms with Gasteiger partial charge in [-0.2, -0.15) is 0 Å². The van der Waals surface area contributed by atoms with Gasteiger partial charge in [0, 0.05) is 10.0 Å². The van der Waals surface area contributed by atoms with Crippen molar-refractivity contribution in [2.24, 2.45) is 0 Å². The summed E-state index contributed by atoms with van der Waals surface area (Å²) in [6, 6.07) is 5.39. The Hall–Kier alpha value is -0.500. The van der Waals surface area contributed by atoms with Crippen LogP contribution in [0.2, 0.25) is 10.0 Å². The lowest BCUT2D eigenvalue weighted by atomic mass is 10.1. The Morgan fingerprint density at radius 1 is 1.50 bits per heavy atom. The van der Waals surface area contributed by atoms with Crippen molar-refractivity contribution >= 4 is 23.2 Å². The van der Waals surface area contributed by atoms with Gasteiger partial charge in [0.1, 0.15) is 0 Å². The van der Waals surface area contributed by atoms with Crippen LogP contribution in [-0.2, 0) is 4.74 Å². The van der Waals surface area contributed by atoms with Crippen LogP contribution >= 0.6 is 23.2 Å². The SMILES string of the molecule is C=CCOC(C)c1ccc(Cl)cc1Cl. The maximum Gasteiger partial charge on any atom is 0.0815 e. The van der Waals surface area contributed by atoms with Gasteiger partial charge in [0.05, 0.1) is 12.7 Å². The first-order valence-electron chi connectivity index (χ1n) is 4.32. The molecule has 1 unspecified atom stereocenters. The molecule has 1 aromatic carbocycles. The fourth-order valence-corrected chi connectivity index (χ4v) is 1.70. The maximum absolute atomic E-state index is 6.01. The third-order valence-corrected chi connectivity index (χ3v) is 2.43. The van der Waals surface area contributed by atoms with Gasteiger partial charge in [-0.1, -0.05) is 35.3 Å². The summed E-state index contributed by atoms with van der Waals surface area (Å²) in [4.78, 5) is 0. The summed E-state index contributed by atoms with van der Waals surface area (Å²) in [5.74, 6) is 0. The van der Waals surface area contributed by atoms with Gasteiger partial charge in [-0.25, -0.2) is 0 Å². The third kappa shape index (κ3) is 3.02. The molecule has 0 aromatic heterocycles. The van der Waals surface area contributed by atoms with E-state index >= 15 is 0 Å². The predicted octanol–water partition coefficient (Wildman–Crippen LogP) is 4.26. The van der Waals surface area contributed by atoms with Crippen LogP contribution < -0.4 is 0 Å². The molecule has 0 heterocycles. The van der Waals surface area contributed by atoms with Gasteiger partial charge in [0.25, 0.3) is 0 Å². The second-order valence-electron chi connectivity index (χ2n) is 2.93. The van der Waals surface area contributed by atoms with E-state index in [-0.39, 0.29) is 6.10 Å². The van der Waals surface area contributed by atoms with E-state index in [9.17, 15) is 0 Å². The fraction of sp³-hybridized carbons (Fsp3) is 0.273. The van der Waals surface area contributed by atoms with Gasteiger partial charge >= 0.3 is 0 Å². The fourth-order valence-electron chi connectivity index (χ4n) is 1.13. The van der Waals surface area contributed by atoms with Gasteiger partial charge in [-0.15, -0.1) is 6.58 Å². The van der Waals surface area contributed by atoms with Crippen LogP contribution in [0.5, 0.6) is 0 Å². The highest BCUT2D eigenvalue weighted by Gasteiger charge is 2.09. The van der Waals surface area contributed by atoms with Crippen LogP contribution in [-0.4, -0.2) is 6.61 Å². The summed E-state index contributed by atoms with van der Waals surface area (Å²) in [5.41, 5.74) is 0.943. The van der Waals surface area contributed by atoms with Crippen LogP contribution in [0.25, 0.3) is 0 Å². The molecule has 0 aliphatic heterocycles. The van der Waals surface area contributed by atoms with Crippen molar-refractivity contribution in [2.75, 3.05) is 6.61 Å². The summed E-state index contributed by atoms with van der Waals surface area (Å²) in [6.07, 6.45) is 1.66. The van der Waals surface area contributed by atoms with E-state index in [1.807, 2.05) is 13.0 Å². The molecule has 1 atom stereocenters. The zero-order valence-corrected chi connectivity index (χ0v) is 9.48. The van der Waals surface area contributed by atoms with Crippen molar-refractivity contribution in [2.45, 2.75) is 13.0 Å². The minimum Gasteiger partial charge on any atom is -0.370 e. The first-order valence-corrected chi connectivity index (χ1v) is 5.08. The van der Waals surface area contributed by atoms with Gasteiger partial charge in [0.2, 0.25) is 0 Å². The molecule has 0 N–H and O–H groups in total. The molecule has 76 valence electrons. The molecule has 0 saturated carbocycles. The summed E-state index contributed by atoms with van der Waals surface area (Å²) in [7, 11) is 0. The topological polar surface area (TPSA) is 9.23 Å². The first kappa shape index (κ1) is 11.6. The predicted molar refractivity (Wildman–Crippen MR) is 61.0 cm³/mol. The minimum absolute atomic E-state index is 0.0437. The van der Waals surface area contributed by atoms with Crippen molar-refractivity contribution in [3.05, 3.63) is 46.5 Å². The number of benzene rings is 1. The highest BCUT2D eigenvalue weighted by Crippen LogP contribution is 2.27. The summed E-state index contributed by atoms with van der Waals surface area (Å²) < 4.78 is 5.45. The van der Waals surface area contributed by atoms with E-state index in [2.05, 4.69) is 6.58 Å². The Morgan fingerprint density at radius 3 is 2.79 bits per heavy atom. The number of hydrogen-bond acceptors (Lipinski definition) is 1. The molecule has 0 saturated heterocycles. The highest BCUT2D eigenvalue weighted by molar-refractivity contribution is 6.35. The van der Waals surface area contributed by atoms with Gasteiger partial charge in [-0.05, 0) is 24.6 Å². The second-order valence-corrected chi connectivity index (χ2v) is 3.77. The van der Waals surface area contributed by atoms with E-state index < -0.39 is 0 Å². The van der Waals surface area contributed by atoms with Gasteiger partial charge in [-0.3, -0.25) is 0 Å². The summed E-state index contributed by atoms with van der Waals surface area (Å²) >= 11 is 11.8. The molecule has 1 nitrogen and oxygen atoms in total. The highest BCUT2D eigenvalue weighted by atomic mass is 35.5. The lowest BCUT2D eigenvalue weighted by Crippen LogP contribution is -2.00. The monoisotopic (exact) mass is 230 g/mol. The molecule has 3 heteroatoms. The Kier molecular flexibility index (Phi) is 4.46. The smallest absolute Gasteiger partial charge is 0.0815 e. The molecule has 0 fully saturated rings. The van der Waals surface area contributed by atoms with Crippen LogP contribution in [0.4, 0.5) is 0 Å². The van der Waals surface area contributed by atoms with Gasteiger partial charge < -0.3 is 4.74 Å². The Morgan fingerprint density at radius 2 is 2.21 bits per heavy atom. The number of rotatable bonds is 4. The molecule has 0 amide bonds. The summed E-state index contributed by atoms with van der Waals surface area (Å²) in [6.45, 7) is 6.04. The van der Waals surface area contributed by atoms with E-state index in [0.717, 1.165) is 5.56 Å². The van der Waals surface area contributed by atoms with Crippen molar-refractivity contribution in [1.29, 1.82) is 0 Å². The average Bonchev–Trinajstić information content (AvgIpc) is 2.14. The lowest BCUT2D eigenvalue weighted by Gasteiger charge is -2.13. The van der Waals surface area contributed by atoms with Crippen molar-refractivity contribution in [3.63, 3.8) is 0 Å². The zero-order chi connectivity index (χ0) is 10.6. The number of halogens is 2. The van der Waals surface area contributed by atoms with E-state index in [1.54, 1.807) is 18.2 Å². The molecule has 1 rings (SSSR count). The van der Waals surface area contributed by atoms with Crippen molar-refractivity contribution in [1.82, 2.24) is 0 Å². The maximum atomic E-state index is 6.01. The molecule has 0 aliphatic carbocycles. The van der Waals surface area contributed by atoms with E-state index in [0.29, 0.717) is 16.7 Å². The third-order valence-electron chi connectivity index (χ3n) is 1.86. The molecule has 14 heavy (non-hydrogen) atoms. The lowest BCUT2D eigenvalue weighted by molar-refractivity contribution is 0.0888. The molecule has 0 radical (unpaired) electrons. The average molecular weight is 231 g/mol. The molecular formula is C11H12Cl2O. The van der Waals surface area contributed by atoms with Crippen molar-refractivity contribution < 1.29 is 4.74 Å². The minimum atomic E-state index is -0.0437. The Balaban J connectivity index is 2.78. The molecular weight excluding hydrogens is 219 g/mol. The Bertz CT molecular complexity index is 323. The van der Waals surface area contributed by atoms with Crippen LogP contribution in [0.3, 0.4) is 0 Å². The number of hydrogen-bond donors (Lipinski definition) is 0. The quantitative estimate of drug-likeness (QED) is 0.703. The van der Waals surface area contributed by atoms with Crippen molar-refractivity contribution in [3.8, 4) is 0 Å². The van der Waals surface area contributed by atoms with Crippen LogP contribution in [0.15, 0.2) is 30.9 Å². The molecule has 0 spiro atoms. The zero-order valence-electron chi connectivity index (χ0n) is 7.97. The van der Waals surface area contributed by atoms with Crippen LogP contribution in [0, 0.1) is 0 Å². The largest absolute Gasteiger partial charge is 0.370 e. The normalized spacial score (nSPS) is 12.5. The van der Waals surface area contributed by atoms with E-state index in [4.69, 9.17) is 27.9 Å². The standard InChI is InChI=1S/C11H12Cl2O/c1-3-6-14-8(2)10-5-4-9(12)7-11(10)13/h3-5,7-8H,1,6H2,2H3.